The number of amides is 2. The summed E-state index contributed by atoms with van der Waals surface area (Å²) >= 11 is 0. The number of nitrogens with one attached hydrogen (secondary N) is 1. The van der Waals surface area contributed by atoms with Crippen LogP contribution >= 0.6 is 0 Å². The van der Waals surface area contributed by atoms with E-state index >= 15 is 0 Å². The van der Waals surface area contributed by atoms with Crippen molar-refractivity contribution in [3.8, 4) is 0 Å². The molecule has 192 valence electrons. The predicted molar refractivity (Wildman–Crippen MR) is 133 cm³/mol. The van der Waals surface area contributed by atoms with Crippen molar-refractivity contribution in [3.05, 3.63) is 87.6 Å². The first kappa shape index (κ1) is 24.5. The number of pyridine rings is 2. The van der Waals surface area contributed by atoms with Gasteiger partial charge in [-0.2, -0.15) is 0 Å². The van der Waals surface area contributed by atoms with E-state index in [-0.39, 0.29) is 29.8 Å². The lowest BCUT2D eigenvalue weighted by atomic mass is 9.92. The van der Waals surface area contributed by atoms with Crippen molar-refractivity contribution >= 4 is 28.3 Å². The Morgan fingerprint density at radius 1 is 1.11 bits per heavy atom. The fraction of sp³-hybridized carbons (Fsp3) is 0.296. The third-order valence-corrected chi connectivity index (χ3v) is 6.47. The van der Waals surface area contributed by atoms with E-state index in [9.17, 15) is 23.2 Å². The van der Waals surface area contributed by atoms with Crippen LogP contribution < -0.4 is 5.56 Å². The predicted octanol–water partition coefficient (Wildman–Crippen LogP) is 4.62. The van der Waals surface area contributed by atoms with Crippen molar-refractivity contribution in [2.75, 3.05) is 13.6 Å². The highest BCUT2D eigenvalue weighted by Crippen LogP contribution is 2.36. The first-order chi connectivity index (χ1) is 17.4. The van der Waals surface area contributed by atoms with Crippen molar-refractivity contribution in [2.24, 2.45) is 0 Å². The van der Waals surface area contributed by atoms with Crippen molar-refractivity contribution in [3.63, 3.8) is 0 Å². The number of aromatic amines is 1. The maximum Gasteiger partial charge on any atom is 0.410 e. The zero-order valence-corrected chi connectivity index (χ0v) is 20.8. The number of nitrogens with zero attached hydrogens (tertiary/aromatic N) is 3. The lowest BCUT2D eigenvalue weighted by Gasteiger charge is -2.39. The maximum atomic E-state index is 14.4. The molecular formula is C27H26F2N4O4. The molecule has 0 bridgehead atoms. The van der Waals surface area contributed by atoms with Crippen LogP contribution in [0.2, 0.25) is 0 Å². The Hall–Kier alpha value is -4.21. The van der Waals surface area contributed by atoms with Gasteiger partial charge in [0.05, 0.1) is 23.5 Å². The molecule has 0 unspecified atom stereocenters. The van der Waals surface area contributed by atoms with Gasteiger partial charge in [0.25, 0.3) is 11.5 Å². The first-order valence-corrected chi connectivity index (χ1v) is 11.8. The van der Waals surface area contributed by atoms with Gasteiger partial charge in [0.2, 0.25) is 0 Å². The molecule has 0 spiro atoms. The molecule has 1 aliphatic rings. The summed E-state index contributed by atoms with van der Waals surface area (Å²) in [6.07, 6.45) is 2.90. The Morgan fingerprint density at radius 2 is 1.81 bits per heavy atom. The highest BCUT2D eigenvalue weighted by atomic mass is 19.2. The molecule has 0 saturated heterocycles. The van der Waals surface area contributed by atoms with E-state index in [1.165, 1.54) is 9.80 Å². The molecule has 4 aromatic rings. The second-order valence-electron chi connectivity index (χ2n) is 10.2. The summed E-state index contributed by atoms with van der Waals surface area (Å²) in [7, 11) is 1.58. The van der Waals surface area contributed by atoms with Gasteiger partial charge in [-0.05, 0) is 62.6 Å². The average Bonchev–Trinajstić information content (AvgIpc) is 3.30. The molecule has 0 aliphatic carbocycles. The average molecular weight is 509 g/mol. The number of hydrogen-bond acceptors (Lipinski definition) is 4. The molecule has 1 atom stereocenters. The van der Waals surface area contributed by atoms with E-state index in [1.54, 1.807) is 40.1 Å². The second-order valence-corrected chi connectivity index (χ2v) is 10.2. The lowest BCUT2D eigenvalue weighted by Crippen LogP contribution is -2.47. The minimum atomic E-state index is -1.15. The Balaban J connectivity index is 1.63. The highest BCUT2D eigenvalue weighted by molar-refractivity contribution is 5.95. The number of aromatic nitrogens is 2. The van der Waals surface area contributed by atoms with Crippen molar-refractivity contribution < 1.29 is 23.1 Å². The number of ether oxygens (including phenoxy) is 1. The number of likely N-dealkylation sites (N-methyl/N-ethyl adjacent to an activating group) is 1. The largest absolute Gasteiger partial charge is 0.444 e. The third kappa shape index (κ3) is 4.43. The topological polar surface area (TPSA) is 87.1 Å². The standard InChI is InChI=1S/C27H26F2N4O4/c1-27(2,3)37-26(36)33-13-21-23(17-10-19(28)20(29)11-18(17)24(34)30-21)22(14-33)31(4)25(35)15-7-8-16-6-5-9-32(16)12-15/h5-12,22H,13-14H2,1-4H3,(H,30,34)/t22-/m0/s1. The van der Waals surface area contributed by atoms with Crippen LogP contribution in [0.3, 0.4) is 0 Å². The number of fused-ring (bicyclic) bond motifs is 4. The molecule has 8 nitrogen and oxygen atoms in total. The SMILES string of the molecule is CN(C(=O)c1ccc2cccn2c1)[C@H]1CN(C(=O)OC(C)(C)C)Cc2[nH]c(=O)c3cc(F)c(F)cc3c21. The van der Waals surface area contributed by atoms with Gasteiger partial charge in [-0.15, -0.1) is 0 Å². The molecule has 10 heteroatoms. The van der Waals surface area contributed by atoms with E-state index in [2.05, 4.69) is 4.98 Å². The van der Waals surface area contributed by atoms with E-state index in [1.807, 2.05) is 28.8 Å². The fourth-order valence-electron chi connectivity index (χ4n) is 4.74. The first-order valence-electron chi connectivity index (χ1n) is 11.8. The van der Waals surface area contributed by atoms with Gasteiger partial charge in [-0.1, -0.05) is 0 Å². The van der Waals surface area contributed by atoms with Crippen LogP contribution in [0.25, 0.3) is 16.3 Å². The molecule has 1 aliphatic heterocycles. The molecule has 1 N–H and O–H groups in total. The highest BCUT2D eigenvalue weighted by Gasteiger charge is 2.37. The van der Waals surface area contributed by atoms with Gasteiger partial charge >= 0.3 is 6.09 Å². The minimum Gasteiger partial charge on any atom is -0.444 e. The smallest absolute Gasteiger partial charge is 0.410 e. The normalized spacial score (nSPS) is 15.6. The van der Waals surface area contributed by atoms with Crippen molar-refractivity contribution in [2.45, 2.75) is 39.0 Å². The van der Waals surface area contributed by atoms with Crippen LogP contribution in [0.15, 0.2) is 53.6 Å². The van der Waals surface area contributed by atoms with Crippen LogP contribution in [0.1, 0.15) is 48.4 Å². The molecule has 2 amide bonds. The molecule has 37 heavy (non-hydrogen) atoms. The van der Waals surface area contributed by atoms with Crippen LogP contribution in [-0.2, 0) is 11.3 Å². The molecule has 4 heterocycles. The molecule has 1 aromatic carbocycles. The summed E-state index contributed by atoms with van der Waals surface area (Å²) in [5.74, 6) is -2.61. The molecular weight excluding hydrogens is 482 g/mol. The summed E-state index contributed by atoms with van der Waals surface area (Å²) in [5, 5.41) is 0.148. The number of hydrogen-bond donors (Lipinski definition) is 1. The summed E-state index contributed by atoms with van der Waals surface area (Å²) in [5.41, 5.74) is 0.701. The molecule has 3 aromatic heterocycles. The Kier molecular flexibility index (Phi) is 5.77. The Labute approximate surface area is 211 Å². The van der Waals surface area contributed by atoms with E-state index in [0.717, 1.165) is 17.6 Å². The number of H-pyrrole nitrogens is 1. The fourth-order valence-corrected chi connectivity index (χ4v) is 4.74. The zero-order chi connectivity index (χ0) is 26.6. The van der Waals surface area contributed by atoms with Gasteiger partial charge in [0.15, 0.2) is 11.6 Å². The summed E-state index contributed by atoms with van der Waals surface area (Å²) in [4.78, 5) is 44.9. The van der Waals surface area contributed by atoms with Crippen LogP contribution in [0.4, 0.5) is 13.6 Å². The summed E-state index contributed by atoms with van der Waals surface area (Å²) in [6, 6.07) is 8.32. The van der Waals surface area contributed by atoms with Gasteiger partial charge in [0, 0.05) is 42.8 Å². The van der Waals surface area contributed by atoms with Crippen LogP contribution in [0.5, 0.6) is 0 Å². The summed E-state index contributed by atoms with van der Waals surface area (Å²) in [6.45, 7) is 5.21. The molecule has 0 saturated carbocycles. The monoisotopic (exact) mass is 508 g/mol. The Morgan fingerprint density at radius 3 is 2.51 bits per heavy atom. The van der Waals surface area contributed by atoms with Gasteiger partial charge in [0.1, 0.15) is 5.60 Å². The summed E-state index contributed by atoms with van der Waals surface area (Å²) < 4.78 is 35.7. The van der Waals surface area contributed by atoms with E-state index < -0.39 is 34.9 Å². The van der Waals surface area contributed by atoms with Crippen LogP contribution in [-0.4, -0.2) is 50.4 Å². The number of halogens is 2. The minimum absolute atomic E-state index is 0.0239. The molecule has 0 radical (unpaired) electrons. The number of carbonyl (C=O) groups is 2. The Bertz CT molecular complexity index is 1620. The number of benzene rings is 1. The second kappa shape index (κ2) is 8.72. The van der Waals surface area contributed by atoms with Crippen molar-refractivity contribution in [1.29, 1.82) is 0 Å². The van der Waals surface area contributed by atoms with Crippen molar-refractivity contribution in [1.82, 2.24) is 19.2 Å². The quantitative estimate of drug-likeness (QED) is 0.428. The lowest BCUT2D eigenvalue weighted by molar-refractivity contribution is 0.0142. The molecule has 5 rings (SSSR count). The van der Waals surface area contributed by atoms with Crippen LogP contribution in [0, 0.1) is 11.6 Å². The number of rotatable bonds is 2. The van der Waals surface area contributed by atoms with E-state index in [0.29, 0.717) is 16.8 Å². The van der Waals surface area contributed by atoms with Gasteiger partial charge < -0.3 is 19.0 Å². The number of carbonyl (C=O) groups excluding carboxylic acids is 2. The van der Waals surface area contributed by atoms with E-state index in [4.69, 9.17) is 4.74 Å². The maximum absolute atomic E-state index is 14.4. The molecule has 0 fully saturated rings. The third-order valence-electron chi connectivity index (χ3n) is 6.47. The van der Waals surface area contributed by atoms with Gasteiger partial charge in [-0.25, -0.2) is 13.6 Å². The van der Waals surface area contributed by atoms with Gasteiger partial charge in [-0.3, -0.25) is 14.5 Å². The zero-order valence-electron chi connectivity index (χ0n) is 20.8.